The van der Waals surface area contributed by atoms with E-state index in [-0.39, 0.29) is 10.9 Å². The van der Waals surface area contributed by atoms with Crippen molar-refractivity contribution in [1.82, 2.24) is 0 Å². The van der Waals surface area contributed by atoms with Crippen LogP contribution in [0.5, 0.6) is 0 Å². The molecule has 0 aromatic carbocycles. The zero-order valence-electron chi connectivity index (χ0n) is 4.47. The molecule has 0 aliphatic carbocycles. The summed E-state index contributed by atoms with van der Waals surface area (Å²) in [7, 11) is 0. The molecule has 0 aromatic heterocycles. The Morgan fingerprint density at radius 1 is 1.67 bits per heavy atom. The first kappa shape index (κ1) is 6.16. The number of nitrogens with zero attached hydrogens (tertiary/aromatic N) is 2. The fourth-order valence-corrected chi connectivity index (χ4v) is 0.543. The Morgan fingerprint density at radius 2 is 2.33 bits per heavy atom. The lowest BCUT2D eigenvalue weighted by atomic mass is 10.4. The van der Waals surface area contributed by atoms with Crippen LogP contribution in [0.3, 0.4) is 0 Å². The van der Waals surface area contributed by atoms with E-state index in [9.17, 15) is 4.79 Å². The van der Waals surface area contributed by atoms with Gasteiger partial charge in [0.25, 0.3) is 5.91 Å². The second-order valence-corrected chi connectivity index (χ2v) is 1.83. The van der Waals surface area contributed by atoms with Crippen LogP contribution < -0.4 is 0 Å². The second kappa shape index (κ2) is 2.11. The van der Waals surface area contributed by atoms with E-state index in [0.717, 1.165) is 0 Å². The van der Waals surface area contributed by atoms with Gasteiger partial charge in [0.15, 0.2) is 0 Å². The molecule has 0 bridgehead atoms. The third kappa shape index (κ3) is 1.23. The summed E-state index contributed by atoms with van der Waals surface area (Å²) >= 11 is 5.36. The summed E-state index contributed by atoms with van der Waals surface area (Å²) in [4.78, 5) is 17.4. The maximum atomic E-state index is 10.5. The van der Waals surface area contributed by atoms with E-state index in [1.807, 2.05) is 0 Å². The number of rotatable bonds is 0. The Bertz CT molecular complexity index is 229. The topological polar surface area (TPSA) is 41.8 Å². The molecule has 0 saturated carbocycles. The molecule has 1 heterocycles. The van der Waals surface area contributed by atoms with Crippen molar-refractivity contribution >= 4 is 28.9 Å². The number of carbonyl (C=O) groups excluding carboxylic acids is 1. The molecule has 0 fully saturated rings. The van der Waals surface area contributed by atoms with Gasteiger partial charge in [-0.25, -0.2) is 9.98 Å². The number of hydrogen-bond acceptors (Lipinski definition) is 2. The quantitative estimate of drug-likeness (QED) is 0.460. The Kier molecular flexibility index (Phi) is 1.44. The van der Waals surface area contributed by atoms with Crippen molar-refractivity contribution in [3.63, 3.8) is 0 Å². The van der Waals surface area contributed by atoms with E-state index < -0.39 is 5.91 Å². The van der Waals surface area contributed by atoms with Crippen LogP contribution >= 0.6 is 11.6 Å². The molecule has 1 aliphatic heterocycles. The standard InChI is InChI=1S/C5H3ClN2O/c1-3-5(9)7-2-4(6)8-3/h2H,1H2. The monoisotopic (exact) mass is 142 g/mol. The average Bonchev–Trinajstić information content (AvgIpc) is 1.80. The van der Waals surface area contributed by atoms with Crippen LogP contribution in [0.4, 0.5) is 0 Å². The average molecular weight is 143 g/mol. The number of aliphatic imine (C=N–C) groups is 2. The Hall–Kier alpha value is -0.960. The molecule has 0 radical (unpaired) electrons. The highest BCUT2D eigenvalue weighted by Crippen LogP contribution is 2.02. The third-order valence-electron chi connectivity index (χ3n) is 0.777. The Balaban J connectivity index is 2.95. The van der Waals surface area contributed by atoms with Crippen molar-refractivity contribution in [2.75, 3.05) is 0 Å². The second-order valence-electron chi connectivity index (χ2n) is 1.44. The van der Waals surface area contributed by atoms with E-state index in [1.165, 1.54) is 6.21 Å². The van der Waals surface area contributed by atoms with Crippen molar-refractivity contribution in [3.8, 4) is 0 Å². The van der Waals surface area contributed by atoms with Gasteiger partial charge in [0.05, 0.1) is 6.21 Å². The zero-order valence-corrected chi connectivity index (χ0v) is 5.22. The van der Waals surface area contributed by atoms with Crippen LogP contribution in [0.1, 0.15) is 0 Å². The predicted octanol–water partition coefficient (Wildman–Crippen LogP) is 0.748. The molecule has 0 unspecified atom stereocenters. The summed E-state index contributed by atoms with van der Waals surface area (Å²) in [6.07, 6.45) is 1.19. The first-order valence-corrected chi connectivity index (χ1v) is 2.59. The largest absolute Gasteiger partial charge is 0.295 e. The summed E-state index contributed by atoms with van der Waals surface area (Å²) < 4.78 is 0. The van der Waals surface area contributed by atoms with E-state index >= 15 is 0 Å². The highest BCUT2D eigenvalue weighted by molar-refractivity contribution is 6.80. The van der Waals surface area contributed by atoms with Gasteiger partial charge in [-0.05, 0) is 0 Å². The van der Waals surface area contributed by atoms with Gasteiger partial charge in [-0.3, -0.25) is 4.79 Å². The van der Waals surface area contributed by atoms with Crippen LogP contribution in [-0.2, 0) is 4.79 Å². The molecule has 0 aromatic rings. The van der Waals surface area contributed by atoms with Gasteiger partial charge in [-0.2, -0.15) is 0 Å². The number of carbonyl (C=O) groups is 1. The molecular formula is C5H3ClN2O. The van der Waals surface area contributed by atoms with Crippen LogP contribution in [0.15, 0.2) is 22.3 Å². The van der Waals surface area contributed by atoms with E-state index in [0.29, 0.717) is 0 Å². The van der Waals surface area contributed by atoms with Crippen molar-refractivity contribution in [2.45, 2.75) is 0 Å². The maximum Gasteiger partial charge on any atom is 0.295 e. The summed E-state index contributed by atoms with van der Waals surface area (Å²) in [6.45, 7) is 3.31. The summed E-state index contributed by atoms with van der Waals surface area (Å²) in [5, 5.41) is 0.194. The molecule has 0 atom stereocenters. The van der Waals surface area contributed by atoms with Crippen molar-refractivity contribution in [2.24, 2.45) is 9.98 Å². The van der Waals surface area contributed by atoms with Gasteiger partial charge in [0.2, 0.25) is 0 Å². The van der Waals surface area contributed by atoms with Gasteiger partial charge in [-0.15, -0.1) is 0 Å². The van der Waals surface area contributed by atoms with E-state index in [1.54, 1.807) is 0 Å². The number of amides is 1. The van der Waals surface area contributed by atoms with E-state index in [2.05, 4.69) is 16.6 Å². The van der Waals surface area contributed by atoms with Crippen molar-refractivity contribution < 1.29 is 4.79 Å². The zero-order chi connectivity index (χ0) is 6.85. The highest BCUT2D eigenvalue weighted by atomic mass is 35.5. The lowest BCUT2D eigenvalue weighted by Gasteiger charge is -1.97. The molecule has 1 aliphatic rings. The minimum absolute atomic E-state index is 0.0856. The first-order valence-electron chi connectivity index (χ1n) is 2.21. The van der Waals surface area contributed by atoms with Crippen LogP contribution in [-0.4, -0.2) is 17.3 Å². The molecule has 0 N–H and O–H groups in total. The smallest absolute Gasteiger partial charge is 0.265 e. The van der Waals surface area contributed by atoms with Crippen LogP contribution in [0.25, 0.3) is 0 Å². The molecule has 0 spiro atoms. The normalized spacial score (nSPS) is 18.1. The van der Waals surface area contributed by atoms with Gasteiger partial charge in [0, 0.05) is 0 Å². The SMILES string of the molecule is C=C1N=C(Cl)C=NC1=O. The fraction of sp³-hybridized carbons (Fsp3) is 0. The van der Waals surface area contributed by atoms with Crippen molar-refractivity contribution in [1.29, 1.82) is 0 Å². The lowest BCUT2D eigenvalue weighted by molar-refractivity contribution is -0.114. The van der Waals surface area contributed by atoms with Crippen molar-refractivity contribution in [3.05, 3.63) is 12.3 Å². The maximum absolute atomic E-state index is 10.5. The molecule has 46 valence electrons. The highest BCUT2D eigenvalue weighted by Gasteiger charge is 2.07. The van der Waals surface area contributed by atoms with Gasteiger partial charge >= 0.3 is 0 Å². The van der Waals surface area contributed by atoms with Gasteiger partial charge in [0.1, 0.15) is 10.9 Å². The molecule has 3 nitrogen and oxygen atoms in total. The number of halogens is 1. The van der Waals surface area contributed by atoms with Crippen LogP contribution in [0.2, 0.25) is 0 Å². The molecule has 4 heteroatoms. The summed E-state index contributed by atoms with van der Waals surface area (Å²) in [5.74, 6) is -0.431. The van der Waals surface area contributed by atoms with Gasteiger partial charge in [-0.1, -0.05) is 18.2 Å². The Morgan fingerprint density at radius 3 is 2.78 bits per heavy atom. The molecule has 9 heavy (non-hydrogen) atoms. The minimum Gasteiger partial charge on any atom is -0.265 e. The molecular weight excluding hydrogens is 140 g/mol. The molecule has 1 rings (SSSR count). The summed E-state index contributed by atoms with van der Waals surface area (Å²) in [6, 6.07) is 0. The first-order chi connectivity index (χ1) is 4.20. The Labute approximate surface area is 56.8 Å². The van der Waals surface area contributed by atoms with Gasteiger partial charge < -0.3 is 0 Å². The molecule has 0 saturated heterocycles. The lowest BCUT2D eigenvalue weighted by Crippen LogP contribution is -2.05. The molecule has 1 amide bonds. The minimum atomic E-state index is -0.431. The predicted molar refractivity (Wildman–Crippen MR) is 35.9 cm³/mol. The summed E-state index contributed by atoms with van der Waals surface area (Å²) in [5.41, 5.74) is 0.0856. The number of hydrogen-bond donors (Lipinski definition) is 0. The van der Waals surface area contributed by atoms with Crippen LogP contribution in [0, 0.1) is 0 Å². The fourth-order valence-electron chi connectivity index (χ4n) is 0.392. The third-order valence-corrected chi connectivity index (χ3v) is 0.959. The van der Waals surface area contributed by atoms with E-state index in [4.69, 9.17) is 11.6 Å².